The predicted molar refractivity (Wildman–Crippen MR) is 119 cm³/mol. The molecule has 1 aliphatic rings. The fourth-order valence-electron chi connectivity index (χ4n) is 3.47. The van der Waals surface area contributed by atoms with E-state index >= 15 is 0 Å². The van der Waals surface area contributed by atoms with Crippen LogP contribution in [0.25, 0.3) is 0 Å². The van der Waals surface area contributed by atoms with Crippen molar-refractivity contribution in [3.05, 3.63) is 59.7 Å². The molecule has 1 fully saturated rings. The van der Waals surface area contributed by atoms with Crippen molar-refractivity contribution >= 4 is 11.6 Å². The van der Waals surface area contributed by atoms with E-state index in [1.54, 1.807) is 7.11 Å². The van der Waals surface area contributed by atoms with Crippen LogP contribution in [0.2, 0.25) is 0 Å². The van der Waals surface area contributed by atoms with Crippen molar-refractivity contribution in [1.82, 2.24) is 10.2 Å². The summed E-state index contributed by atoms with van der Waals surface area (Å²) < 4.78 is 10.7. The number of morpholine rings is 1. The van der Waals surface area contributed by atoms with Crippen molar-refractivity contribution < 1.29 is 9.47 Å². The van der Waals surface area contributed by atoms with Crippen LogP contribution in [0.1, 0.15) is 18.1 Å². The van der Waals surface area contributed by atoms with Crippen molar-refractivity contribution in [3.63, 3.8) is 0 Å². The molecule has 2 aromatic rings. The summed E-state index contributed by atoms with van der Waals surface area (Å²) in [7, 11) is 3.76. The Morgan fingerprint density at radius 3 is 2.55 bits per heavy atom. The molecule has 0 amide bonds. The average Bonchev–Trinajstić information content (AvgIpc) is 2.78. The molecule has 0 spiro atoms. The number of methoxy groups -OCH3 is 1. The van der Waals surface area contributed by atoms with E-state index in [9.17, 15) is 0 Å². The van der Waals surface area contributed by atoms with E-state index in [0.29, 0.717) is 6.54 Å². The van der Waals surface area contributed by atoms with Gasteiger partial charge in [-0.05, 0) is 36.2 Å². The Morgan fingerprint density at radius 1 is 1.14 bits per heavy atom. The van der Waals surface area contributed by atoms with Crippen LogP contribution in [0.4, 0.5) is 5.69 Å². The number of nitrogens with one attached hydrogen (secondary N) is 1. The summed E-state index contributed by atoms with van der Waals surface area (Å²) >= 11 is 0. The van der Waals surface area contributed by atoms with Gasteiger partial charge >= 0.3 is 0 Å². The Labute approximate surface area is 174 Å². The van der Waals surface area contributed by atoms with Gasteiger partial charge in [0.1, 0.15) is 5.75 Å². The third-order valence-electron chi connectivity index (χ3n) is 5.02. The maximum Gasteiger partial charge on any atom is 0.194 e. The molecule has 6 nitrogen and oxygen atoms in total. The first-order valence-electron chi connectivity index (χ1n) is 10.2. The molecule has 29 heavy (non-hydrogen) atoms. The van der Waals surface area contributed by atoms with Gasteiger partial charge in [-0.1, -0.05) is 30.3 Å². The lowest BCUT2D eigenvalue weighted by Crippen LogP contribution is -2.38. The number of hydrogen-bond acceptors (Lipinski definition) is 4. The van der Waals surface area contributed by atoms with Gasteiger partial charge in [-0.25, -0.2) is 4.99 Å². The van der Waals surface area contributed by atoms with E-state index in [1.165, 1.54) is 16.8 Å². The zero-order valence-corrected chi connectivity index (χ0v) is 17.7. The molecular weight excluding hydrogens is 364 g/mol. The molecular formula is C23H32N4O2. The van der Waals surface area contributed by atoms with Crippen molar-refractivity contribution in [2.75, 3.05) is 51.9 Å². The molecule has 1 N–H and O–H groups in total. The highest BCUT2D eigenvalue weighted by molar-refractivity contribution is 5.79. The lowest BCUT2D eigenvalue weighted by molar-refractivity contribution is 0.122. The molecule has 0 atom stereocenters. The van der Waals surface area contributed by atoms with Crippen molar-refractivity contribution in [3.8, 4) is 5.75 Å². The SMILES string of the molecule is CCNC(=NCc1ccccc1N1CCOCC1)N(C)Cc1ccc(OC)cc1. The highest BCUT2D eigenvalue weighted by atomic mass is 16.5. The topological polar surface area (TPSA) is 49.3 Å². The molecule has 156 valence electrons. The number of anilines is 1. The average molecular weight is 397 g/mol. The van der Waals surface area contributed by atoms with Crippen LogP contribution >= 0.6 is 0 Å². The van der Waals surface area contributed by atoms with Crippen LogP contribution in [0, 0.1) is 0 Å². The van der Waals surface area contributed by atoms with E-state index in [0.717, 1.165) is 51.1 Å². The quantitative estimate of drug-likeness (QED) is 0.576. The van der Waals surface area contributed by atoms with Crippen molar-refractivity contribution in [1.29, 1.82) is 0 Å². The first kappa shape index (κ1) is 21.0. The number of hydrogen-bond donors (Lipinski definition) is 1. The van der Waals surface area contributed by atoms with Gasteiger partial charge in [-0.15, -0.1) is 0 Å². The van der Waals surface area contributed by atoms with Crippen LogP contribution in [-0.2, 0) is 17.8 Å². The molecule has 0 aliphatic carbocycles. The van der Waals surface area contributed by atoms with E-state index in [-0.39, 0.29) is 0 Å². The van der Waals surface area contributed by atoms with E-state index in [4.69, 9.17) is 14.5 Å². The van der Waals surface area contributed by atoms with Crippen molar-refractivity contribution in [2.45, 2.75) is 20.0 Å². The van der Waals surface area contributed by atoms with Gasteiger partial charge in [0.25, 0.3) is 0 Å². The van der Waals surface area contributed by atoms with Gasteiger partial charge in [0.05, 0.1) is 26.9 Å². The number of ether oxygens (including phenoxy) is 2. The second-order valence-corrected chi connectivity index (χ2v) is 7.10. The summed E-state index contributed by atoms with van der Waals surface area (Å²) in [6, 6.07) is 16.7. The van der Waals surface area contributed by atoms with Gasteiger partial charge in [0, 0.05) is 38.9 Å². The Morgan fingerprint density at radius 2 is 1.86 bits per heavy atom. The van der Waals surface area contributed by atoms with E-state index < -0.39 is 0 Å². The number of benzene rings is 2. The standard InChI is InChI=1S/C23H32N4O2/c1-4-24-23(26(2)18-19-9-11-21(28-3)12-10-19)25-17-20-7-5-6-8-22(20)27-13-15-29-16-14-27/h5-12H,4,13-18H2,1-3H3,(H,24,25). The lowest BCUT2D eigenvalue weighted by Gasteiger charge is -2.30. The molecule has 1 aliphatic heterocycles. The third kappa shape index (κ3) is 5.87. The summed E-state index contributed by atoms with van der Waals surface area (Å²) in [5, 5.41) is 3.41. The minimum absolute atomic E-state index is 0.642. The van der Waals surface area contributed by atoms with Crippen LogP contribution in [0.3, 0.4) is 0 Å². The second-order valence-electron chi connectivity index (χ2n) is 7.10. The summed E-state index contributed by atoms with van der Waals surface area (Å²) in [6.45, 7) is 7.77. The molecule has 3 rings (SSSR count). The Balaban J connectivity index is 1.71. The zero-order valence-electron chi connectivity index (χ0n) is 17.7. The van der Waals surface area contributed by atoms with E-state index in [2.05, 4.69) is 65.5 Å². The lowest BCUT2D eigenvalue weighted by atomic mass is 10.1. The Kier molecular flexibility index (Phi) is 7.76. The maximum atomic E-state index is 5.50. The normalized spacial score (nSPS) is 14.6. The summed E-state index contributed by atoms with van der Waals surface area (Å²) in [5.41, 5.74) is 3.71. The number of guanidine groups is 1. The maximum absolute atomic E-state index is 5.50. The second kappa shape index (κ2) is 10.7. The van der Waals surface area contributed by atoms with Crippen LogP contribution < -0.4 is 15.0 Å². The Hall–Kier alpha value is -2.73. The smallest absolute Gasteiger partial charge is 0.194 e. The summed E-state index contributed by atoms with van der Waals surface area (Å²) in [6.07, 6.45) is 0. The van der Waals surface area contributed by atoms with Crippen LogP contribution in [-0.4, -0.2) is 57.9 Å². The fraction of sp³-hybridized carbons (Fsp3) is 0.435. The van der Waals surface area contributed by atoms with Crippen LogP contribution in [0.15, 0.2) is 53.5 Å². The molecule has 0 bridgehead atoms. The zero-order chi connectivity index (χ0) is 20.5. The molecule has 0 radical (unpaired) electrons. The van der Waals surface area contributed by atoms with Gasteiger partial charge in [0.2, 0.25) is 0 Å². The predicted octanol–water partition coefficient (Wildman–Crippen LogP) is 3.13. The Bertz CT molecular complexity index is 786. The van der Waals surface area contributed by atoms with Crippen molar-refractivity contribution in [2.24, 2.45) is 4.99 Å². The van der Waals surface area contributed by atoms with Gasteiger partial charge < -0.3 is 24.6 Å². The fourth-order valence-corrected chi connectivity index (χ4v) is 3.47. The molecule has 1 heterocycles. The molecule has 0 saturated carbocycles. The molecule has 0 unspecified atom stereocenters. The highest BCUT2D eigenvalue weighted by Gasteiger charge is 2.14. The van der Waals surface area contributed by atoms with Gasteiger partial charge in [-0.2, -0.15) is 0 Å². The molecule has 2 aromatic carbocycles. The molecule has 1 saturated heterocycles. The minimum atomic E-state index is 0.642. The number of aliphatic imine (C=N–C) groups is 1. The summed E-state index contributed by atoms with van der Waals surface area (Å²) in [5.74, 6) is 1.77. The molecule has 6 heteroatoms. The highest BCUT2D eigenvalue weighted by Crippen LogP contribution is 2.22. The first-order chi connectivity index (χ1) is 14.2. The van der Waals surface area contributed by atoms with Gasteiger partial charge in [-0.3, -0.25) is 0 Å². The largest absolute Gasteiger partial charge is 0.497 e. The monoisotopic (exact) mass is 396 g/mol. The number of para-hydroxylation sites is 1. The number of nitrogens with zero attached hydrogens (tertiary/aromatic N) is 3. The number of rotatable bonds is 7. The third-order valence-corrected chi connectivity index (χ3v) is 5.02. The van der Waals surface area contributed by atoms with Crippen LogP contribution in [0.5, 0.6) is 5.75 Å². The van der Waals surface area contributed by atoms with Gasteiger partial charge in [0.15, 0.2) is 5.96 Å². The van der Waals surface area contributed by atoms with E-state index in [1.807, 2.05) is 12.1 Å². The molecule has 0 aromatic heterocycles. The minimum Gasteiger partial charge on any atom is -0.497 e. The first-order valence-corrected chi connectivity index (χ1v) is 10.2. The summed E-state index contributed by atoms with van der Waals surface area (Å²) in [4.78, 5) is 9.46.